The van der Waals surface area contributed by atoms with Gasteiger partial charge in [-0.3, -0.25) is 4.79 Å². The van der Waals surface area contributed by atoms with Crippen molar-refractivity contribution in [2.75, 3.05) is 0 Å². The Hall–Kier alpha value is -1.94. The fourth-order valence-electron chi connectivity index (χ4n) is 3.43. The normalized spacial score (nSPS) is 13.1. The van der Waals surface area contributed by atoms with Crippen molar-refractivity contribution in [2.45, 2.75) is 77.7 Å². The summed E-state index contributed by atoms with van der Waals surface area (Å²) in [5, 5.41) is 6.37. The predicted molar refractivity (Wildman–Crippen MR) is 122 cm³/mol. The molecule has 0 saturated carbocycles. The van der Waals surface area contributed by atoms with Crippen molar-refractivity contribution in [3.8, 4) is 0 Å². The van der Waals surface area contributed by atoms with E-state index in [0.717, 1.165) is 12.8 Å². The molecule has 2 rings (SSSR count). The molecule has 1 aliphatic rings. The van der Waals surface area contributed by atoms with Gasteiger partial charge in [-0.15, -0.1) is 0 Å². The Kier molecular flexibility index (Phi) is 9.98. The number of benzene rings is 1. The van der Waals surface area contributed by atoms with Gasteiger partial charge >= 0.3 is 0 Å². The molecule has 0 spiro atoms. The highest BCUT2D eigenvalue weighted by Crippen LogP contribution is 2.24. The number of aryl methyl sites for hydroxylation is 1. The second kappa shape index (κ2) is 12.5. The van der Waals surface area contributed by atoms with Crippen LogP contribution in [-0.4, -0.2) is 11.0 Å². The van der Waals surface area contributed by atoms with Gasteiger partial charge in [0.1, 0.15) is 0 Å². The zero-order valence-corrected chi connectivity index (χ0v) is 18.1. The van der Waals surface area contributed by atoms with Gasteiger partial charge in [-0.2, -0.15) is 0 Å². The molecule has 0 atom stereocenters. The van der Waals surface area contributed by atoms with Crippen molar-refractivity contribution < 1.29 is 4.79 Å². The zero-order valence-electron chi connectivity index (χ0n) is 17.3. The van der Waals surface area contributed by atoms with E-state index >= 15 is 0 Å². The summed E-state index contributed by atoms with van der Waals surface area (Å²) < 4.78 is 0. The number of unbranched alkanes of at least 4 members (excludes halogenated alkanes) is 6. The third-order valence-electron chi connectivity index (χ3n) is 5.20. The summed E-state index contributed by atoms with van der Waals surface area (Å²) in [4.78, 5) is 12.0. The lowest BCUT2D eigenvalue weighted by Gasteiger charge is -2.13. The molecule has 0 aliphatic heterocycles. The Labute approximate surface area is 175 Å². The van der Waals surface area contributed by atoms with Crippen LogP contribution in [-0.2, 0) is 11.3 Å². The lowest BCUT2D eigenvalue weighted by molar-refractivity contribution is -0.119. The fourth-order valence-corrected chi connectivity index (χ4v) is 3.62. The van der Waals surface area contributed by atoms with Crippen molar-refractivity contribution in [1.82, 2.24) is 10.6 Å². The largest absolute Gasteiger partial charge is 0.358 e. The standard InChI is InChI=1S/C24H34N2OS/c1-3-4-5-6-7-8-9-14-23(27)26-24(28)25-18-22-16-15-21(17-19(22)2)20-12-10-11-13-20/h10-13,15-17,20H,3-9,14,18H2,1-2H3,(H2,25,26,27,28). The molecule has 0 saturated heterocycles. The monoisotopic (exact) mass is 398 g/mol. The van der Waals surface area contributed by atoms with E-state index in [4.69, 9.17) is 12.2 Å². The topological polar surface area (TPSA) is 41.1 Å². The highest BCUT2D eigenvalue weighted by molar-refractivity contribution is 7.80. The number of amides is 1. The molecule has 1 aromatic carbocycles. The number of hydrogen-bond acceptors (Lipinski definition) is 2. The minimum Gasteiger partial charge on any atom is -0.358 e. The van der Waals surface area contributed by atoms with Crippen molar-refractivity contribution in [3.63, 3.8) is 0 Å². The van der Waals surface area contributed by atoms with Gasteiger partial charge in [0.15, 0.2) is 5.11 Å². The molecule has 4 heteroatoms. The van der Waals surface area contributed by atoms with Crippen LogP contribution in [0.15, 0.2) is 42.5 Å². The highest BCUT2D eigenvalue weighted by atomic mass is 32.1. The second-order valence-electron chi connectivity index (χ2n) is 7.58. The quantitative estimate of drug-likeness (QED) is 0.364. The average Bonchev–Trinajstić information content (AvgIpc) is 3.21. The molecule has 0 fully saturated rings. The second-order valence-corrected chi connectivity index (χ2v) is 7.99. The van der Waals surface area contributed by atoms with Gasteiger partial charge in [0.2, 0.25) is 5.91 Å². The molecular formula is C24H34N2OS. The average molecular weight is 399 g/mol. The Bertz CT molecular complexity index is 697. The molecule has 1 aromatic rings. The fraction of sp³-hybridized carbons (Fsp3) is 0.500. The lowest BCUT2D eigenvalue weighted by Crippen LogP contribution is -2.38. The maximum absolute atomic E-state index is 12.0. The van der Waals surface area contributed by atoms with E-state index in [1.807, 2.05) is 0 Å². The number of carbonyl (C=O) groups excluding carboxylic acids is 1. The van der Waals surface area contributed by atoms with Crippen LogP contribution >= 0.6 is 12.2 Å². The number of thiocarbonyl (C=S) groups is 1. The molecule has 0 heterocycles. The molecule has 152 valence electrons. The third kappa shape index (κ3) is 7.97. The van der Waals surface area contributed by atoms with Crippen LogP contribution in [0.4, 0.5) is 0 Å². The van der Waals surface area contributed by atoms with E-state index in [1.54, 1.807) is 0 Å². The summed E-state index contributed by atoms with van der Waals surface area (Å²) in [6, 6.07) is 6.53. The van der Waals surface area contributed by atoms with Gasteiger partial charge in [0, 0.05) is 18.9 Å². The van der Waals surface area contributed by atoms with E-state index in [2.05, 4.69) is 67.0 Å². The number of carbonyl (C=O) groups is 1. The molecule has 0 unspecified atom stereocenters. The van der Waals surface area contributed by atoms with Crippen LogP contribution in [0.25, 0.3) is 0 Å². The van der Waals surface area contributed by atoms with E-state index in [0.29, 0.717) is 24.0 Å². The van der Waals surface area contributed by atoms with Crippen molar-refractivity contribution in [3.05, 3.63) is 59.2 Å². The Balaban J connectivity index is 1.64. The van der Waals surface area contributed by atoms with Gasteiger partial charge in [0.25, 0.3) is 0 Å². The number of allylic oxidation sites excluding steroid dienone is 4. The molecule has 1 aliphatic carbocycles. The first-order chi connectivity index (χ1) is 13.6. The van der Waals surface area contributed by atoms with Gasteiger partial charge in [-0.1, -0.05) is 88.0 Å². The first kappa shape index (κ1) is 22.4. The molecule has 1 amide bonds. The SMILES string of the molecule is CCCCCCCCCC(=O)NC(=S)NCc1ccc(C2C=CC=C2)cc1C. The summed E-state index contributed by atoms with van der Waals surface area (Å²) in [7, 11) is 0. The smallest absolute Gasteiger partial charge is 0.226 e. The molecule has 28 heavy (non-hydrogen) atoms. The summed E-state index contributed by atoms with van der Waals surface area (Å²) in [6.07, 6.45) is 17.6. The summed E-state index contributed by atoms with van der Waals surface area (Å²) in [5.41, 5.74) is 3.73. The summed E-state index contributed by atoms with van der Waals surface area (Å²) in [5.74, 6) is 0.394. The maximum Gasteiger partial charge on any atom is 0.226 e. The molecule has 2 N–H and O–H groups in total. The van der Waals surface area contributed by atoms with Gasteiger partial charge in [0.05, 0.1) is 0 Å². The van der Waals surface area contributed by atoms with Crippen LogP contribution in [0.2, 0.25) is 0 Å². The van der Waals surface area contributed by atoms with Crippen LogP contribution in [0.5, 0.6) is 0 Å². The molecular weight excluding hydrogens is 364 g/mol. The molecule has 0 aromatic heterocycles. The number of nitrogens with one attached hydrogen (secondary N) is 2. The van der Waals surface area contributed by atoms with Crippen molar-refractivity contribution >= 4 is 23.2 Å². The number of rotatable bonds is 11. The molecule has 0 bridgehead atoms. The first-order valence-electron chi connectivity index (χ1n) is 10.6. The van der Waals surface area contributed by atoms with Gasteiger partial charge in [-0.25, -0.2) is 0 Å². The minimum atomic E-state index is 0.0120. The Morgan fingerprint density at radius 3 is 2.39 bits per heavy atom. The van der Waals surface area contributed by atoms with E-state index < -0.39 is 0 Å². The highest BCUT2D eigenvalue weighted by Gasteiger charge is 2.09. The predicted octanol–water partition coefficient (Wildman–Crippen LogP) is 5.84. The minimum absolute atomic E-state index is 0.0120. The first-order valence-corrected chi connectivity index (χ1v) is 11.0. The van der Waals surface area contributed by atoms with Gasteiger partial charge in [-0.05, 0) is 42.3 Å². The van der Waals surface area contributed by atoms with E-state index in [-0.39, 0.29) is 5.91 Å². The van der Waals surface area contributed by atoms with Crippen LogP contribution in [0, 0.1) is 6.92 Å². The Morgan fingerprint density at radius 1 is 1.04 bits per heavy atom. The zero-order chi connectivity index (χ0) is 20.2. The van der Waals surface area contributed by atoms with Crippen LogP contribution < -0.4 is 10.6 Å². The van der Waals surface area contributed by atoms with Gasteiger partial charge < -0.3 is 10.6 Å². The summed E-state index contributed by atoms with van der Waals surface area (Å²) >= 11 is 5.27. The maximum atomic E-state index is 12.0. The molecule has 3 nitrogen and oxygen atoms in total. The lowest BCUT2D eigenvalue weighted by atomic mass is 9.96. The van der Waals surface area contributed by atoms with E-state index in [1.165, 1.54) is 48.8 Å². The summed E-state index contributed by atoms with van der Waals surface area (Å²) in [6.45, 7) is 4.97. The van der Waals surface area contributed by atoms with E-state index in [9.17, 15) is 4.79 Å². The third-order valence-corrected chi connectivity index (χ3v) is 5.45. The van der Waals surface area contributed by atoms with Crippen molar-refractivity contribution in [1.29, 1.82) is 0 Å². The molecule has 0 radical (unpaired) electrons. The Morgan fingerprint density at radius 2 is 1.71 bits per heavy atom. The number of hydrogen-bond donors (Lipinski definition) is 2. The van der Waals surface area contributed by atoms with Crippen LogP contribution in [0.3, 0.4) is 0 Å². The van der Waals surface area contributed by atoms with Crippen molar-refractivity contribution in [2.24, 2.45) is 0 Å². The van der Waals surface area contributed by atoms with Crippen LogP contribution in [0.1, 0.15) is 80.9 Å².